The fourth-order valence-corrected chi connectivity index (χ4v) is 4.58. The van der Waals surface area contributed by atoms with Crippen LogP contribution in [0.4, 0.5) is 0 Å². The summed E-state index contributed by atoms with van der Waals surface area (Å²) in [6, 6.07) is 4.52. The van der Waals surface area contributed by atoms with Gasteiger partial charge < -0.3 is 5.32 Å². The van der Waals surface area contributed by atoms with Gasteiger partial charge in [-0.15, -0.1) is 0 Å². The van der Waals surface area contributed by atoms with Gasteiger partial charge in [0.1, 0.15) is 0 Å². The number of carbonyl (C=O) groups is 1. The van der Waals surface area contributed by atoms with E-state index in [1.54, 1.807) is 16.7 Å². The van der Waals surface area contributed by atoms with Gasteiger partial charge >= 0.3 is 0 Å². The zero-order valence-electron chi connectivity index (χ0n) is 14.6. The lowest BCUT2D eigenvalue weighted by atomic mass is 10.0. The fraction of sp³-hybridized carbons (Fsp3) is 0.647. The summed E-state index contributed by atoms with van der Waals surface area (Å²) >= 11 is 0. The summed E-state index contributed by atoms with van der Waals surface area (Å²) in [4.78, 5) is 18.0. The molecule has 0 spiro atoms. The van der Waals surface area contributed by atoms with Gasteiger partial charge in [0.05, 0.1) is 6.26 Å². The molecule has 0 aliphatic carbocycles. The van der Waals surface area contributed by atoms with E-state index in [-0.39, 0.29) is 11.9 Å². The first-order valence-corrected chi connectivity index (χ1v) is 10.6. The van der Waals surface area contributed by atoms with E-state index >= 15 is 0 Å². The van der Waals surface area contributed by atoms with Crippen LogP contribution in [0.1, 0.15) is 31.2 Å². The van der Waals surface area contributed by atoms with Crippen LogP contribution in [0.25, 0.3) is 0 Å². The van der Waals surface area contributed by atoms with Crippen LogP contribution in [-0.4, -0.2) is 66.5 Å². The molecule has 25 heavy (non-hydrogen) atoms. The van der Waals surface area contributed by atoms with Gasteiger partial charge in [-0.05, 0) is 37.0 Å². The number of hydrogen-bond acceptors (Lipinski definition) is 5. The SMILES string of the molecule is CS(=O)(=O)N1CCC(N(Cc2ccncc2)C[C@@H]2CCC(=O)N2)CC1. The number of amides is 1. The van der Waals surface area contributed by atoms with Crippen molar-refractivity contribution in [1.29, 1.82) is 0 Å². The second kappa shape index (κ2) is 7.80. The molecule has 0 aromatic carbocycles. The van der Waals surface area contributed by atoms with Crippen LogP contribution in [0.3, 0.4) is 0 Å². The lowest BCUT2D eigenvalue weighted by Gasteiger charge is -2.38. The molecule has 2 aliphatic heterocycles. The summed E-state index contributed by atoms with van der Waals surface area (Å²) in [5.41, 5.74) is 1.19. The largest absolute Gasteiger partial charge is 0.352 e. The quantitative estimate of drug-likeness (QED) is 0.797. The van der Waals surface area contributed by atoms with Crippen molar-refractivity contribution in [2.24, 2.45) is 0 Å². The van der Waals surface area contributed by atoms with Crippen molar-refractivity contribution in [1.82, 2.24) is 19.5 Å². The lowest BCUT2D eigenvalue weighted by molar-refractivity contribution is -0.119. The molecule has 2 aliphatic rings. The number of sulfonamides is 1. The first-order valence-electron chi connectivity index (χ1n) is 8.79. The zero-order chi connectivity index (χ0) is 17.9. The minimum atomic E-state index is -3.11. The Morgan fingerprint density at radius 1 is 1.24 bits per heavy atom. The van der Waals surface area contributed by atoms with Crippen molar-refractivity contribution in [3.05, 3.63) is 30.1 Å². The van der Waals surface area contributed by atoms with Gasteiger partial charge in [-0.2, -0.15) is 0 Å². The Labute approximate surface area is 149 Å². The van der Waals surface area contributed by atoms with E-state index in [1.807, 2.05) is 12.1 Å². The average molecular weight is 366 g/mol. The highest BCUT2D eigenvalue weighted by atomic mass is 32.2. The molecule has 138 valence electrons. The number of nitrogens with zero attached hydrogens (tertiary/aromatic N) is 3. The molecular weight excluding hydrogens is 340 g/mol. The van der Waals surface area contributed by atoms with Crippen molar-refractivity contribution < 1.29 is 13.2 Å². The normalized spacial score (nSPS) is 23.1. The highest BCUT2D eigenvalue weighted by molar-refractivity contribution is 7.88. The monoisotopic (exact) mass is 366 g/mol. The molecule has 0 unspecified atom stereocenters. The number of piperidine rings is 1. The van der Waals surface area contributed by atoms with Crippen LogP contribution in [0.2, 0.25) is 0 Å². The maximum Gasteiger partial charge on any atom is 0.220 e. The summed E-state index contributed by atoms with van der Waals surface area (Å²) in [7, 11) is -3.11. The maximum atomic E-state index is 11.7. The van der Waals surface area contributed by atoms with Crippen LogP contribution < -0.4 is 5.32 Å². The molecule has 8 heteroatoms. The molecular formula is C17H26N4O3S. The number of aromatic nitrogens is 1. The Kier molecular flexibility index (Phi) is 5.71. The average Bonchev–Trinajstić information content (AvgIpc) is 3.00. The van der Waals surface area contributed by atoms with E-state index in [4.69, 9.17) is 0 Å². The van der Waals surface area contributed by atoms with Crippen molar-refractivity contribution in [2.45, 2.75) is 44.3 Å². The maximum absolute atomic E-state index is 11.7. The highest BCUT2D eigenvalue weighted by Crippen LogP contribution is 2.22. The summed E-state index contributed by atoms with van der Waals surface area (Å²) in [6.07, 6.45) is 7.95. The Morgan fingerprint density at radius 3 is 2.48 bits per heavy atom. The first-order chi connectivity index (χ1) is 11.9. The van der Waals surface area contributed by atoms with Gasteiger partial charge in [-0.3, -0.25) is 14.7 Å². The Balaban J connectivity index is 1.66. The number of hydrogen-bond donors (Lipinski definition) is 1. The third-order valence-corrected chi connectivity index (χ3v) is 6.39. The number of rotatable bonds is 6. The van der Waals surface area contributed by atoms with Crippen molar-refractivity contribution in [3.8, 4) is 0 Å². The van der Waals surface area contributed by atoms with E-state index in [1.165, 1.54) is 11.8 Å². The second-order valence-corrected chi connectivity index (χ2v) is 8.96. The number of pyridine rings is 1. The zero-order valence-corrected chi connectivity index (χ0v) is 15.4. The predicted molar refractivity (Wildman–Crippen MR) is 95.3 cm³/mol. The van der Waals surface area contributed by atoms with Crippen LogP contribution in [0.5, 0.6) is 0 Å². The number of nitrogens with one attached hydrogen (secondary N) is 1. The van der Waals surface area contributed by atoms with Crippen molar-refractivity contribution in [3.63, 3.8) is 0 Å². The molecule has 1 amide bonds. The Morgan fingerprint density at radius 2 is 1.92 bits per heavy atom. The summed E-state index contributed by atoms with van der Waals surface area (Å²) in [5, 5.41) is 3.04. The third-order valence-electron chi connectivity index (χ3n) is 5.08. The summed E-state index contributed by atoms with van der Waals surface area (Å²) in [6.45, 7) is 2.72. The van der Waals surface area contributed by atoms with Gasteiger partial charge in [0.25, 0.3) is 0 Å². The molecule has 1 aromatic heterocycles. The van der Waals surface area contributed by atoms with E-state index in [2.05, 4.69) is 15.2 Å². The van der Waals surface area contributed by atoms with Crippen LogP contribution in [0, 0.1) is 0 Å². The van der Waals surface area contributed by atoms with Crippen LogP contribution in [0.15, 0.2) is 24.5 Å². The topological polar surface area (TPSA) is 82.6 Å². The minimum Gasteiger partial charge on any atom is -0.352 e. The molecule has 0 saturated carbocycles. The van der Waals surface area contributed by atoms with Gasteiger partial charge in [-0.1, -0.05) is 0 Å². The van der Waals surface area contributed by atoms with E-state index < -0.39 is 10.0 Å². The molecule has 3 rings (SSSR count). The van der Waals surface area contributed by atoms with E-state index in [0.29, 0.717) is 25.6 Å². The standard InChI is InChI=1S/C17H26N4O3S/c1-25(23,24)21-10-6-16(7-11-21)20(12-14-4-8-18-9-5-14)13-15-2-3-17(22)19-15/h4-5,8-9,15-16H,2-3,6-7,10-13H2,1H3,(H,19,22)/t15-/m0/s1. The van der Waals surface area contributed by atoms with Crippen LogP contribution in [-0.2, 0) is 21.4 Å². The molecule has 2 saturated heterocycles. The second-order valence-electron chi connectivity index (χ2n) is 6.98. The molecule has 1 N–H and O–H groups in total. The van der Waals surface area contributed by atoms with E-state index in [0.717, 1.165) is 32.4 Å². The van der Waals surface area contributed by atoms with Gasteiger partial charge in [-0.25, -0.2) is 12.7 Å². The number of carbonyl (C=O) groups excluding carboxylic acids is 1. The first kappa shape index (κ1) is 18.3. The molecule has 1 aromatic rings. The Bertz CT molecular complexity index is 687. The summed E-state index contributed by atoms with van der Waals surface area (Å²) in [5.74, 6) is 0.126. The summed E-state index contributed by atoms with van der Waals surface area (Å²) < 4.78 is 25.0. The van der Waals surface area contributed by atoms with Gasteiger partial charge in [0.2, 0.25) is 15.9 Å². The lowest BCUT2D eigenvalue weighted by Crippen LogP contribution is -2.49. The van der Waals surface area contributed by atoms with E-state index in [9.17, 15) is 13.2 Å². The molecule has 0 bridgehead atoms. The highest BCUT2D eigenvalue weighted by Gasteiger charge is 2.31. The van der Waals surface area contributed by atoms with Crippen molar-refractivity contribution >= 4 is 15.9 Å². The fourth-order valence-electron chi connectivity index (χ4n) is 3.70. The molecule has 0 radical (unpaired) electrons. The molecule has 3 heterocycles. The van der Waals surface area contributed by atoms with Crippen LogP contribution >= 0.6 is 0 Å². The Hall–Kier alpha value is -1.51. The smallest absolute Gasteiger partial charge is 0.220 e. The predicted octanol–water partition coefficient (Wildman–Crippen LogP) is 0.586. The van der Waals surface area contributed by atoms with Gasteiger partial charge in [0, 0.05) is 57.1 Å². The molecule has 7 nitrogen and oxygen atoms in total. The molecule has 2 fully saturated rings. The van der Waals surface area contributed by atoms with Gasteiger partial charge in [0.15, 0.2) is 0 Å². The third kappa shape index (κ3) is 4.99. The van der Waals surface area contributed by atoms with Crippen molar-refractivity contribution in [2.75, 3.05) is 25.9 Å². The molecule has 1 atom stereocenters. The minimum absolute atomic E-state index is 0.126.